The van der Waals surface area contributed by atoms with E-state index in [4.69, 9.17) is 9.47 Å². The summed E-state index contributed by atoms with van der Waals surface area (Å²) in [5.41, 5.74) is 4.38. The molecule has 0 spiro atoms. The van der Waals surface area contributed by atoms with Gasteiger partial charge in [-0.05, 0) is 73.6 Å². The van der Waals surface area contributed by atoms with Crippen molar-refractivity contribution in [2.75, 3.05) is 19.1 Å². The van der Waals surface area contributed by atoms with Crippen LogP contribution in [-0.2, 0) is 25.6 Å². The molecule has 0 bridgehead atoms. The van der Waals surface area contributed by atoms with E-state index in [0.717, 1.165) is 17.6 Å². The molecular weight excluding hydrogens is 546 g/mol. The topological polar surface area (TPSA) is 110 Å². The summed E-state index contributed by atoms with van der Waals surface area (Å²) in [4.78, 5) is 55.8. The molecule has 1 heterocycles. The molecule has 1 saturated heterocycles. The second kappa shape index (κ2) is 10.8. The van der Waals surface area contributed by atoms with E-state index in [9.17, 15) is 24.3 Å². The molecule has 4 aliphatic rings. The Morgan fingerprint density at radius 1 is 0.977 bits per heavy atom. The molecule has 0 radical (unpaired) electrons. The number of methoxy groups -OCH3 is 2. The van der Waals surface area contributed by atoms with Gasteiger partial charge < -0.3 is 14.6 Å². The fourth-order valence-corrected chi connectivity index (χ4v) is 6.99. The van der Waals surface area contributed by atoms with Crippen molar-refractivity contribution in [2.45, 2.75) is 33.1 Å². The third-order valence-corrected chi connectivity index (χ3v) is 9.20. The van der Waals surface area contributed by atoms with E-state index in [1.165, 1.54) is 25.2 Å². The number of aromatic hydroxyl groups is 1. The van der Waals surface area contributed by atoms with Crippen molar-refractivity contribution >= 4 is 35.1 Å². The molecule has 4 unspecified atom stereocenters. The summed E-state index contributed by atoms with van der Waals surface area (Å²) in [7, 11) is 2.88. The van der Waals surface area contributed by atoms with E-state index in [0.29, 0.717) is 34.4 Å². The highest BCUT2D eigenvalue weighted by Gasteiger charge is 2.56. The lowest BCUT2D eigenvalue weighted by atomic mass is 9.60. The number of allylic oxidation sites excluding steroid dienone is 7. The molecule has 6 rings (SSSR count). The van der Waals surface area contributed by atoms with Crippen LogP contribution in [0.4, 0.5) is 5.69 Å². The quantitative estimate of drug-likeness (QED) is 0.286. The van der Waals surface area contributed by atoms with E-state index < -0.39 is 23.7 Å². The summed E-state index contributed by atoms with van der Waals surface area (Å²) in [6.45, 7) is 3.68. The molecule has 2 aromatic carbocycles. The maximum absolute atomic E-state index is 14.0. The number of carbonyl (C=O) groups excluding carboxylic acids is 4. The lowest BCUT2D eigenvalue weighted by Crippen LogP contribution is -2.40. The van der Waals surface area contributed by atoms with Crippen LogP contribution in [0.3, 0.4) is 0 Å². The number of Topliss-reactive ketones (excluding diaryl/α,β-unsaturated/α-hetero) is 1. The average molecular weight is 580 g/mol. The van der Waals surface area contributed by atoms with Gasteiger partial charge in [0.2, 0.25) is 17.6 Å². The third-order valence-electron chi connectivity index (χ3n) is 9.20. The maximum Gasteiger partial charge on any atom is 0.238 e. The zero-order valence-corrected chi connectivity index (χ0v) is 24.5. The molecule has 1 aliphatic heterocycles. The monoisotopic (exact) mass is 579 g/mol. The molecule has 8 heteroatoms. The molecule has 2 amide bonds. The molecule has 1 fully saturated rings. The Morgan fingerprint density at radius 3 is 2.28 bits per heavy atom. The summed E-state index contributed by atoms with van der Waals surface area (Å²) in [5.74, 6) is -2.74. The summed E-state index contributed by atoms with van der Waals surface area (Å²) < 4.78 is 10.6. The summed E-state index contributed by atoms with van der Waals surface area (Å²) in [6.07, 6.45) is 8.45. The zero-order valence-electron chi connectivity index (χ0n) is 24.5. The number of nitrogens with zero attached hydrogens (tertiary/aromatic N) is 1. The van der Waals surface area contributed by atoms with Crippen molar-refractivity contribution in [2.24, 2.45) is 23.7 Å². The van der Waals surface area contributed by atoms with Crippen LogP contribution in [0.15, 0.2) is 76.9 Å². The minimum absolute atomic E-state index is 0.127. The largest absolute Gasteiger partial charge is 0.502 e. The normalized spacial score (nSPS) is 25.0. The maximum atomic E-state index is 14.0. The molecule has 0 saturated carbocycles. The molecule has 0 aromatic heterocycles. The molecule has 4 atom stereocenters. The lowest BCUT2D eigenvalue weighted by Gasteiger charge is -2.41. The highest BCUT2D eigenvalue weighted by atomic mass is 16.5. The number of imide groups is 1. The first-order valence-electron chi connectivity index (χ1n) is 14.5. The van der Waals surface area contributed by atoms with Crippen molar-refractivity contribution in [1.82, 2.24) is 0 Å². The van der Waals surface area contributed by atoms with Gasteiger partial charge >= 0.3 is 0 Å². The van der Waals surface area contributed by atoms with Gasteiger partial charge in [-0.25, -0.2) is 0 Å². The number of ether oxygens (including phenoxy) is 2. The van der Waals surface area contributed by atoms with Gasteiger partial charge in [-0.2, -0.15) is 0 Å². The number of amides is 2. The minimum atomic E-state index is -0.632. The SMILES string of the molecule is CCc1ccc(N2C(=O)C3CC=C4C(C=Cc5cc(OC)c(O)c(OC)c5)C5=C(CC4C3C2=O)C(=O)C=C(C)C5=O)cc1. The molecule has 43 heavy (non-hydrogen) atoms. The number of anilines is 1. The first-order valence-corrected chi connectivity index (χ1v) is 14.5. The van der Waals surface area contributed by atoms with Crippen LogP contribution in [0.1, 0.15) is 37.8 Å². The van der Waals surface area contributed by atoms with Crippen LogP contribution in [-0.4, -0.2) is 42.7 Å². The van der Waals surface area contributed by atoms with Crippen LogP contribution in [0.2, 0.25) is 0 Å². The summed E-state index contributed by atoms with van der Waals surface area (Å²) >= 11 is 0. The fraction of sp³-hybridized carbons (Fsp3) is 0.314. The molecular formula is C35H33NO7. The van der Waals surface area contributed by atoms with E-state index in [1.807, 2.05) is 43.3 Å². The number of fused-ring (bicyclic) bond motifs is 3. The van der Waals surface area contributed by atoms with Crippen LogP contribution >= 0.6 is 0 Å². The number of rotatable bonds is 6. The number of hydrogen-bond donors (Lipinski definition) is 1. The van der Waals surface area contributed by atoms with Crippen molar-refractivity contribution < 1.29 is 33.8 Å². The predicted molar refractivity (Wildman–Crippen MR) is 161 cm³/mol. The van der Waals surface area contributed by atoms with Crippen molar-refractivity contribution in [1.29, 1.82) is 0 Å². The number of benzene rings is 2. The van der Waals surface area contributed by atoms with E-state index in [2.05, 4.69) is 0 Å². The number of hydrogen-bond acceptors (Lipinski definition) is 7. The van der Waals surface area contributed by atoms with Crippen molar-refractivity contribution in [3.8, 4) is 17.2 Å². The summed E-state index contributed by atoms with van der Waals surface area (Å²) in [6, 6.07) is 10.8. The number of carbonyl (C=O) groups is 4. The van der Waals surface area contributed by atoms with Gasteiger partial charge in [0, 0.05) is 22.6 Å². The summed E-state index contributed by atoms with van der Waals surface area (Å²) in [5, 5.41) is 10.4. The Labute approximate surface area is 250 Å². The Kier molecular flexibility index (Phi) is 7.16. The van der Waals surface area contributed by atoms with Crippen molar-refractivity contribution in [3.63, 3.8) is 0 Å². The highest BCUT2D eigenvalue weighted by molar-refractivity contribution is 6.24. The number of aryl methyl sites for hydroxylation is 1. The van der Waals surface area contributed by atoms with Gasteiger partial charge in [0.05, 0.1) is 31.7 Å². The van der Waals surface area contributed by atoms with Gasteiger partial charge in [-0.3, -0.25) is 24.1 Å². The van der Waals surface area contributed by atoms with Crippen LogP contribution in [0, 0.1) is 23.7 Å². The molecule has 2 aromatic rings. The van der Waals surface area contributed by atoms with Crippen molar-refractivity contribution in [3.05, 3.63) is 88.0 Å². The molecule has 3 aliphatic carbocycles. The standard InChI is InChI=1S/C35H33NO7/c1-5-19-6-9-21(10-7-19)36-34(40)24-13-12-22-23(11-8-20-15-28(42-3)33(39)29(16-20)43-4)30-26(17-25(22)31(24)35(36)41)27(37)14-18(2)32(30)38/h6-12,14-16,23-25,31,39H,5,13,17H2,1-4H3. The van der Waals surface area contributed by atoms with E-state index >= 15 is 0 Å². The number of phenolic OH excluding ortho intramolecular Hbond substituents is 1. The van der Waals surface area contributed by atoms with Gasteiger partial charge in [-0.15, -0.1) is 0 Å². The Bertz CT molecular complexity index is 1670. The van der Waals surface area contributed by atoms with Gasteiger partial charge in [0.1, 0.15) is 0 Å². The zero-order chi connectivity index (χ0) is 30.6. The highest BCUT2D eigenvalue weighted by Crippen LogP contribution is 2.53. The third kappa shape index (κ3) is 4.52. The lowest BCUT2D eigenvalue weighted by molar-refractivity contribution is -0.123. The number of ketones is 2. The van der Waals surface area contributed by atoms with E-state index in [1.54, 1.807) is 25.1 Å². The second-order valence-electron chi connectivity index (χ2n) is 11.4. The molecule has 1 N–H and O–H groups in total. The smallest absolute Gasteiger partial charge is 0.238 e. The average Bonchev–Trinajstić information content (AvgIpc) is 3.27. The van der Waals surface area contributed by atoms with Crippen LogP contribution in [0.25, 0.3) is 6.08 Å². The Morgan fingerprint density at radius 2 is 1.65 bits per heavy atom. The van der Waals surface area contributed by atoms with Crippen LogP contribution < -0.4 is 14.4 Å². The molecule has 8 nitrogen and oxygen atoms in total. The molecule has 220 valence electrons. The van der Waals surface area contributed by atoms with Gasteiger partial charge in [0.25, 0.3) is 0 Å². The first kappa shape index (κ1) is 28.4. The Hall–Kier alpha value is -4.72. The Balaban J connectivity index is 1.42. The van der Waals surface area contributed by atoms with Crippen LogP contribution in [0.5, 0.6) is 17.2 Å². The minimum Gasteiger partial charge on any atom is -0.502 e. The number of phenols is 1. The van der Waals surface area contributed by atoms with Gasteiger partial charge in [-0.1, -0.05) is 42.9 Å². The van der Waals surface area contributed by atoms with E-state index in [-0.39, 0.29) is 47.1 Å². The second-order valence-corrected chi connectivity index (χ2v) is 11.4. The fourth-order valence-electron chi connectivity index (χ4n) is 6.99. The predicted octanol–water partition coefficient (Wildman–Crippen LogP) is 5.15. The first-order chi connectivity index (χ1) is 20.7. The van der Waals surface area contributed by atoms with Gasteiger partial charge in [0.15, 0.2) is 23.1 Å².